The highest BCUT2D eigenvalue weighted by molar-refractivity contribution is 6.15. The Morgan fingerprint density at radius 3 is 1.81 bits per heavy atom. The maximum atomic E-state index is 13.9. The van der Waals surface area contributed by atoms with Crippen molar-refractivity contribution in [3.63, 3.8) is 0 Å². The van der Waals surface area contributed by atoms with Crippen LogP contribution in [0.25, 0.3) is 22.3 Å². The van der Waals surface area contributed by atoms with E-state index < -0.39 is 83.2 Å². The first kappa shape index (κ1) is 70.9. The van der Waals surface area contributed by atoms with E-state index in [0.717, 1.165) is 17.1 Å². The van der Waals surface area contributed by atoms with Crippen LogP contribution < -0.4 is 53.1 Å². The number of aliphatic hydroxyl groups is 1. The molecular formula is C60H84N10O21. The normalized spacial score (nSPS) is 16.3. The molecule has 500 valence electrons. The topological polar surface area (TPSA) is 409 Å². The van der Waals surface area contributed by atoms with Crippen molar-refractivity contribution in [1.82, 2.24) is 41.0 Å². The molecule has 7 amide bonds. The minimum Gasteiger partial charge on any atom is -0.458 e. The van der Waals surface area contributed by atoms with Crippen molar-refractivity contribution in [3.05, 3.63) is 63.0 Å². The third-order valence-electron chi connectivity index (χ3n) is 15.0. The Morgan fingerprint density at radius 2 is 1.24 bits per heavy atom. The molecule has 10 N–H and O–H groups in total. The average molecular weight is 1280 g/mol. The highest BCUT2D eigenvalue weighted by Crippen LogP contribution is 2.42. The van der Waals surface area contributed by atoms with Gasteiger partial charge in [-0.05, 0) is 56.3 Å². The molecule has 31 nitrogen and oxygen atoms in total. The Morgan fingerprint density at radius 1 is 0.670 bits per heavy atom. The lowest BCUT2D eigenvalue weighted by atomic mass is 9.89. The van der Waals surface area contributed by atoms with Gasteiger partial charge < -0.3 is 99.8 Å². The van der Waals surface area contributed by atoms with E-state index in [2.05, 4.69) is 26.6 Å². The molecule has 4 aliphatic heterocycles. The molecule has 0 bridgehead atoms. The van der Waals surface area contributed by atoms with Gasteiger partial charge in [0.25, 0.3) is 17.4 Å². The summed E-state index contributed by atoms with van der Waals surface area (Å²) in [5.41, 5.74) is 11.5. The summed E-state index contributed by atoms with van der Waals surface area (Å²) < 4.78 is 61.9. The number of pyridine rings is 2. The standard InChI is InChI=1S/C60H84N10O21/c1-37(2)53(68-49(71)9-12-81-14-16-83-18-20-85-22-24-87-26-27-88-25-23-86-21-19-84-17-15-82-13-11-63-56(76)46(31-62)70-51(73)7-8-52(70)74)57(77)67-43(6-4-5-10-61)55(75)65-33-50(72)64-32-39-38-28-47-48(91-36-90-47)30-44(38)66-54-40(39)34-69-45(54)29-42-41(58(69)78)35-89-59(79)60(42,3)80/h7-8,28-30,37,43,46,53,80H,4-6,9-27,31-36,61-62H2,1-3H3,(H,63,76)(H,64,72)(H,65,75)(H,67,77)(H,68,71)/t43-,46-,53-,60-/m0/s1. The number of ether oxygens (including phenoxy) is 11. The first-order chi connectivity index (χ1) is 43.9. The summed E-state index contributed by atoms with van der Waals surface area (Å²) in [5, 5.41) is 25.3. The number of esters is 1. The van der Waals surface area contributed by atoms with E-state index in [9.17, 15) is 48.3 Å². The lowest BCUT2D eigenvalue weighted by Crippen LogP contribution is -2.56. The number of fused-ring (bicyclic) bond motifs is 6. The van der Waals surface area contributed by atoms with Crippen LogP contribution in [0.2, 0.25) is 0 Å². The van der Waals surface area contributed by atoms with Crippen LogP contribution in [-0.4, -0.2) is 224 Å². The fourth-order valence-electron chi connectivity index (χ4n) is 10.1. The SMILES string of the molecule is CC(C)[C@H](NC(=O)CCOCCOCCOCCOCCOCCOCCOCCOCCNC(=O)[C@H](CN)N1C(=O)C=CC1=O)C(=O)N[C@@H](CCCCN)C(=O)NCC(=O)NCc1c2c(nc3cc4c(cc13)OCO4)-c1cc3c(c(=O)n1C2)COC(=O)[C@@]3(C)O. The second-order valence-electron chi connectivity index (χ2n) is 21.8. The van der Waals surface area contributed by atoms with Crippen molar-refractivity contribution in [2.75, 3.05) is 139 Å². The van der Waals surface area contributed by atoms with Crippen molar-refractivity contribution in [3.8, 4) is 22.9 Å². The first-order valence-electron chi connectivity index (χ1n) is 30.4. The van der Waals surface area contributed by atoms with Crippen molar-refractivity contribution in [1.29, 1.82) is 0 Å². The molecule has 7 rings (SSSR count). The molecule has 6 heterocycles. The quantitative estimate of drug-likeness (QED) is 0.0132. The fraction of sp³-hybridized carbons (Fsp3) is 0.600. The number of hydrogen-bond acceptors (Lipinski definition) is 24. The van der Waals surface area contributed by atoms with Gasteiger partial charge in [-0.25, -0.2) is 9.78 Å². The largest absolute Gasteiger partial charge is 0.458 e. The van der Waals surface area contributed by atoms with Crippen molar-refractivity contribution in [2.24, 2.45) is 17.4 Å². The summed E-state index contributed by atoms with van der Waals surface area (Å²) in [7, 11) is 0. The molecule has 2 aromatic heterocycles. The highest BCUT2D eigenvalue weighted by atomic mass is 16.7. The van der Waals surface area contributed by atoms with E-state index in [1.165, 1.54) is 11.5 Å². The monoisotopic (exact) mass is 1280 g/mol. The Hall–Kier alpha value is -7.56. The Balaban J connectivity index is 0.707. The third-order valence-corrected chi connectivity index (χ3v) is 15.0. The lowest BCUT2D eigenvalue weighted by molar-refractivity contribution is -0.169. The summed E-state index contributed by atoms with van der Waals surface area (Å²) in [5.74, 6) is -4.24. The summed E-state index contributed by atoms with van der Waals surface area (Å²) >= 11 is 0. The number of aromatic nitrogens is 2. The molecule has 91 heavy (non-hydrogen) atoms. The summed E-state index contributed by atoms with van der Waals surface area (Å²) in [4.78, 5) is 122. The molecule has 0 aliphatic carbocycles. The molecule has 0 radical (unpaired) electrons. The number of nitrogens with two attached hydrogens (primary N) is 2. The van der Waals surface area contributed by atoms with Crippen molar-refractivity contribution in [2.45, 2.75) is 89.9 Å². The maximum absolute atomic E-state index is 13.9. The third kappa shape index (κ3) is 20.0. The number of benzene rings is 1. The second kappa shape index (κ2) is 35.9. The fourth-order valence-corrected chi connectivity index (χ4v) is 10.1. The molecular weight excluding hydrogens is 1200 g/mol. The van der Waals surface area contributed by atoms with Crippen LogP contribution in [-0.2, 0) is 106 Å². The summed E-state index contributed by atoms with van der Waals surface area (Å²) in [6, 6.07) is 1.86. The predicted octanol–water partition coefficient (Wildman–Crippen LogP) is -2.20. The van der Waals surface area contributed by atoms with Gasteiger partial charge in [-0.2, -0.15) is 0 Å². The number of amides is 7. The minimum atomic E-state index is -2.07. The van der Waals surface area contributed by atoms with Gasteiger partial charge in [0.05, 0.1) is 141 Å². The number of nitrogens with one attached hydrogen (secondary N) is 5. The second-order valence-corrected chi connectivity index (χ2v) is 21.8. The summed E-state index contributed by atoms with van der Waals surface area (Å²) in [6.07, 6.45) is 3.41. The first-order valence-corrected chi connectivity index (χ1v) is 30.4. The number of carbonyl (C=O) groups excluding carboxylic acids is 8. The van der Waals surface area contributed by atoms with Crippen LogP contribution >= 0.6 is 0 Å². The molecule has 1 aromatic carbocycles. The number of cyclic esters (lactones) is 1. The van der Waals surface area contributed by atoms with Crippen LogP contribution in [0, 0.1) is 5.92 Å². The Bertz CT molecular complexity index is 3100. The molecule has 0 spiro atoms. The van der Waals surface area contributed by atoms with Gasteiger partial charge >= 0.3 is 5.97 Å². The molecule has 31 heteroatoms. The van der Waals surface area contributed by atoms with E-state index in [-0.39, 0.29) is 95.9 Å². The number of unbranched alkanes of at least 4 members (excludes halogenated alkanes) is 1. The van der Waals surface area contributed by atoms with Gasteiger partial charge in [-0.15, -0.1) is 0 Å². The molecule has 0 saturated heterocycles. The van der Waals surface area contributed by atoms with Gasteiger partial charge in [-0.1, -0.05) is 13.8 Å². The number of hydrogen-bond donors (Lipinski definition) is 8. The van der Waals surface area contributed by atoms with Crippen molar-refractivity contribution < 1.29 is 95.6 Å². The highest BCUT2D eigenvalue weighted by Gasteiger charge is 2.43. The summed E-state index contributed by atoms with van der Waals surface area (Å²) in [6.45, 7) is 9.37. The van der Waals surface area contributed by atoms with E-state index >= 15 is 0 Å². The van der Waals surface area contributed by atoms with Crippen LogP contribution in [0.5, 0.6) is 11.5 Å². The smallest absolute Gasteiger partial charge is 0.342 e. The van der Waals surface area contributed by atoms with Crippen LogP contribution in [0.3, 0.4) is 0 Å². The zero-order chi connectivity index (χ0) is 65.3. The predicted molar refractivity (Wildman–Crippen MR) is 321 cm³/mol. The van der Waals surface area contributed by atoms with Crippen LogP contribution in [0.15, 0.2) is 35.1 Å². The van der Waals surface area contributed by atoms with Gasteiger partial charge in [-0.3, -0.25) is 43.3 Å². The Labute approximate surface area is 525 Å². The molecule has 0 fully saturated rings. The maximum Gasteiger partial charge on any atom is 0.342 e. The zero-order valence-electron chi connectivity index (χ0n) is 51.6. The number of nitrogens with zero attached hydrogens (tertiary/aromatic N) is 3. The van der Waals surface area contributed by atoms with E-state index in [1.54, 1.807) is 32.0 Å². The molecule has 0 unspecified atom stereocenters. The van der Waals surface area contributed by atoms with Gasteiger partial charge in [0.15, 0.2) is 17.1 Å². The van der Waals surface area contributed by atoms with E-state index in [0.29, 0.717) is 144 Å². The van der Waals surface area contributed by atoms with E-state index in [4.69, 9.17) is 68.6 Å². The van der Waals surface area contributed by atoms with E-state index in [1.807, 2.05) is 0 Å². The minimum absolute atomic E-state index is 0.00704. The number of imide groups is 1. The average Bonchev–Trinajstić information content (AvgIpc) is 1.64. The van der Waals surface area contributed by atoms with Crippen molar-refractivity contribution >= 4 is 58.2 Å². The van der Waals surface area contributed by atoms with Gasteiger partial charge in [0.2, 0.25) is 36.3 Å². The van der Waals surface area contributed by atoms with Crippen LogP contribution in [0.1, 0.15) is 68.7 Å². The van der Waals surface area contributed by atoms with Gasteiger partial charge in [0.1, 0.15) is 24.7 Å². The molecule has 0 saturated carbocycles. The lowest BCUT2D eigenvalue weighted by Gasteiger charge is -2.29. The Kier molecular flexibility index (Phi) is 28.0. The van der Waals surface area contributed by atoms with Gasteiger partial charge in [0, 0.05) is 60.8 Å². The molecule has 3 aromatic rings. The number of carbonyl (C=O) groups is 8. The van der Waals surface area contributed by atoms with Crippen LogP contribution in [0.4, 0.5) is 0 Å². The molecule has 4 aliphatic rings. The zero-order valence-corrected chi connectivity index (χ0v) is 51.6. The molecule has 4 atom stereocenters. The number of rotatable bonds is 43.